The van der Waals surface area contributed by atoms with Gasteiger partial charge in [0.05, 0.1) is 16.9 Å². The lowest BCUT2D eigenvalue weighted by atomic mass is 10.1. The van der Waals surface area contributed by atoms with Crippen LogP contribution in [0.15, 0.2) is 52.2 Å². The van der Waals surface area contributed by atoms with Crippen molar-refractivity contribution < 1.29 is 0 Å². The van der Waals surface area contributed by atoms with Gasteiger partial charge in [-0.15, -0.1) is 0 Å². The third kappa shape index (κ3) is 2.86. The van der Waals surface area contributed by atoms with Gasteiger partial charge < -0.3 is 4.57 Å². The molecule has 26 heavy (non-hydrogen) atoms. The summed E-state index contributed by atoms with van der Waals surface area (Å²) in [6.45, 7) is 1.62. The van der Waals surface area contributed by atoms with Crippen LogP contribution in [0.3, 0.4) is 0 Å². The lowest BCUT2D eigenvalue weighted by molar-refractivity contribution is 0.235. The second-order valence-electron chi connectivity index (χ2n) is 6.96. The van der Waals surface area contributed by atoms with E-state index in [9.17, 15) is 9.59 Å². The molecule has 0 N–H and O–H groups in total. The molecule has 1 aromatic carbocycles. The van der Waals surface area contributed by atoms with Crippen molar-refractivity contribution in [1.82, 2.24) is 19.0 Å². The Morgan fingerprint density at radius 2 is 1.96 bits per heavy atom. The van der Waals surface area contributed by atoms with Crippen molar-refractivity contribution in [3.63, 3.8) is 0 Å². The van der Waals surface area contributed by atoms with Crippen molar-refractivity contribution in [2.45, 2.75) is 25.4 Å². The topological polar surface area (TPSA) is 60.1 Å². The van der Waals surface area contributed by atoms with Crippen LogP contribution in [0.5, 0.6) is 0 Å². The van der Waals surface area contributed by atoms with Gasteiger partial charge in [0.15, 0.2) is 0 Å². The Balaban J connectivity index is 1.71. The zero-order valence-electron chi connectivity index (χ0n) is 15.1. The van der Waals surface area contributed by atoms with Gasteiger partial charge in [0, 0.05) is 32.9 Å². The van der Waals surface area contributed by atoms with Crippen LogP contribution in [-0.2, 0) is 20.6 Å². The first-order valence-corrected chi connectivity index (χ1v) is 8.90. The van der Waals surface area contributed by atoms with Gasteiger partial charge in [0.25, 0.3) is 11.1 Å². The summed E-state index contributed by atoms with van der Waals surface area (Å²) in [4.78, 5) is 31.7. The highest BCUT2D eigenvalue weighted by molar-refractivity contribution is 5.77. The number of likely N-dealkylation sites (tertiary alicyclic amines) is 1. The molecule has 1 unspecified atom stereocenters. The van der Waals surface area contributed by atoms with Gasteiger partial charge in [-0.25, -0.2) is 4.98 Å². The van der Waals surface area contributed by atoms with Gasteiger partial charge in [-0.05, 0) is 43.1 Å². The lowest BCUT2D eigenvalue weighted by Gasteiger charge is -2.25. The maximum Gasteiger partial charge on any atom is 0.261 e. The molecule has 1 aliphatic rings. The fourth-order valence-electron chi connectivity index (χ4n) is 3.76. The zero-order valence-corrected chi connectivity index (χ0v) is 15.1. The molecule has 0 spiro atoms. The third-order valence-corrected chi connectivity index (χ3v) is 5.23. The van der Waals surface area contributed by atoms with Crippen LogP contribution in [0.1, 0.15) is 30.3 Å². The van der Waals surface area contributed by atoms with Crippen molar-refractivity contribution in [2.24, 2.45) is 14.1 Å². The molecule has 0 aliphatic carbocycles. The third-order valence-electron chi connectivity index (χ3n) is 5.23. The molecule has 1 atom stereocenters. The normalized spacial score (nSPS) is 17.8. The highest BCUT2D eigenvalue weighted by atomic mass is 16.1. The van der Waals surface area contributed by atoms with Crippen molar-refractivity contribution in [3.05, 3.63) is 74.7 Å². The summed E-state index contributed by atoms with van der Waals surface area (Å²) in [6.07, 6.45) is 3.81. The van der Waals surface area contributed by atoms with Gasteiger partial charge in [-0.2, -0.15) is 0 Å². The van der Waals surface area contributed by atoms with Crippen molar-refractivity contribution in [3.8, 4) is 0 Å². The Morgan fingerprint density at radius 1 is 1.15 bits per heavy atom. The molecule has 1 fully saturated rings. The maximum absolute atomic E-state index is 12.7. The first-order valence-electron chi connectivity index (χ1n) is 8.90. The standard InChI is InChI=1S/C20H22N4O2/c1-22-11-9-14(12-18(22)25)13-24-10-5-8-17(24)19-21-16-7-4-3-6-15(16)20(26)23(19)2/h3-4,6-7,9,11-12,17H,5,8,10,13H2,1-2H3. The van der Waals surface area contributed by atoms with E-state index in [1.54, 1.807) is 35.5 Å². The number of pyridine rings is 1. The summed E-state index contributed by atoms with van der Waals surface area (Å²) < 4.78 is 3.24. The molecule has 2 aromatic heterocycles. The minimum absolute atomic E-state index is 0.00511. The van der Waals surface area contributed by atoms with Crippen molar-refractivity contribution >= 4 is 10.9 Å². The van der Waals surface area contributed by atoms with Crippen LogP contribution in [0.25, 0.3) is 10.9 Å². The van der Waals surface area contributed by atoms with E-state index in [1.165, 1.54) is 0 Å². The highest BCUT2D eigenvalue weighted by Crippen LogP contribution is 2.31. The number of aryl methyl sites for hydroxylation is 1. The largest absolute Gasteiger partial charge is 0.319 e. The summed E-state index contributed by atoms with van der Waals surface area (Å²) >= 11 is 0. The Kier molecular flexibility index (Phi) is 4.20. The second kappa shape index (κ2) is 6.53. The van der Waals surface area contributed by atoms with E-state index in [2.05, 4.69) is 4.90 Å². The number of fused-ring (bicyclic) bond motifs is 1. The Labute approximate surface area is 151 Å². The Hall–Kier alpha value is -2.73. The number of aromatic nitrogens is 3. The number of benzene rings is 1. The summed E-state index contributed by atoms with van der Waals surface area (Å²) in [5.41, 5.74) is 1.72. The monoisotopic (exact) mass is 350 g/mol. The molecule has 134 valence electrons. The maximum atomic E-state index is 12.7. The molecular weight excluding hydrogens is 328 g/mol. The fraction of sp³-hybridized carbons (Fsp3) is 0.350. The van der Waals surface area contributed by atoms with Crippen LogP contribution in [0.2, 0.25) is 0 Å². The number of nitrogens with zero attached hydrogens (tertiary/aromatic N) is 4. The van der Waals surface area contributed by atoms with Crippen molar-refractivity contribution in [2.75, 3.05) is 6.54 Å². The molecule has 3 heterocycles. The fourth-order valence-corrected chi connectivity index (χ4v) is 3.76. The molecule has 4 rings (SSSR count). The van der Waals surface area contributed by atoms with Crippen LogP contribution in [0.4, 0.5) is 0 Å². The number of hydrogen-bond acceptors (Lipinski definition) is 4. The van der Waals surface area contributed by atoms with Crippen LogP contribution in [0, 0.1) is 0 Å². The average molecular weight is 350 g/mol. The first kappa shape index (κ1) is 16.7. The molecular formula is C20H22N4O2. The van der Waals surface area contributed by atoms with E-state index in [-0.39, 0.29) is 17.2 Å². The van der Waals surface area contributed by atoms with Crippen molar-refractivity contribution in [1.29, 1.82) is 0 Å². The minimum atomic E-state index is -0.00831. The highest BCUT2D eigenvalue weighted by Gasteiger charge is 2.29. The van der Waals surface area contributed by atoms with E-state index in [1.807, 2.05) is 30.3 Å². The Morgan fingerprint density at radius 3 is 2.77 bits per heavy atom. The molecule has 0 radical (unpaired) electrons. The smallest absolute Gasteiger partial charge is 0.261 e. The van der Waals surface area contributed by atoms with Gasteiger partial charge in [0.2, 0.25) is 0 Å². The number of hydrogen-bond donors (Lipinski definition) is 0. The van der Waals surface area contributed by atoms with Gasteiger partial charge >= 0.3 is 0 Å². The lowest BCUT2D eigenvalue weighted by Crippen LogP contribution is -2.31. The zero-order chi connectivity index (χ0) is 18.3. The molecule has 3 aromatic rings. The van der Waals surface area contributed by atoms with Crippen LogP contribution in [-0.4, -0.2) is 25.6 Å². The van der Waals surface area contributed by atoms with E-state index in [0.717, 1.165) is 36.3 Å². The van der Waals surface area contributed by atoms with Gasteiger partial charge in [-0.1, -0.05) is 12.1 Å². The average Bonchev–Trinajstić information content (AvgIpc) is 3.09. The summed E-state index contributed by atoms with van der Waals surface area (Å²) in [5, 5.41) is 0.648. The minimum Gasteiger partial charge on any atom is -0.319 e. The molecule has 6 heteroatoms. The summed E-state index contributed by atoms with van der Waals surface area (Å²) in [5.74, 6) is 0.801. The van der Waals surface area contributed by atoms with E-state index in [0.29, 0.717) is 11.9 Å². The van der Waals surface area contributed by atoms with Crippen LogP contribution < -0.4 is 11.1 Å². The SMILES string of the molecule is Cn1ccc(CN2CCCC2c2nc3ccccc3c(=O)n2C)cc1=O. The number of para-hydroxylation sites is 1. The predicted molar refractivity (Wildman–Crippen MR) is 101 cm³/mol. The predicted octanol–water partition coefficient (Wildman–Crippen LogP) is 1.97. The molecule has 0 saturated carbocycles. The summed E-state index contributed by atoms with van der Waals surface area (Å²) in [7, 11) is 3.55. The second-order valence-corrected chi connectivity index (χ2v) is 6.96. The summed E-state index contributed by atoms with van der Waals surface area (Å²) in [6, 6.07) is 11.2. The molecule has 6 nitrogen and oxygen atoms in total. The molecule has 1 aliphatic heterocycles. The van der Waals surface area contributed by atoms with Gasteiger partial charge in [0.1, 0.15) is 5.82 Å². The molecule has 1 saturated heterocycles. The van der Waals surface area contributed by atoms with Crippen LogP contribution >= 0.6 is 0 Å². The molecule has 0 bridgehead atoms. The van der Waals surface area contributed by atoms with E-state index >= 15 is 0 Å². The van der Waals surface area contributed by atoms with E-state index < -0.39 is 0 Å². The van der Waals surface area contributed by atoms with E-state index in [4.69, 9.17) is 4.98 Å². The first-order chi connectivity index (χ1) is 12.5. The Bertz CT molecular complexity index is 1080. The quantitative estimate of drug-likeness (QED) is 0.725. The molecule has 0 amide bonds. The number of rotatable bonds is 3. The van der Waals surface area contributed by atoms with Gasteiger partial charge in [-0.3, -0.25) is 19.1 Å².